The Balaban J connectivity index is 2.64. The number of phenolic OH excluding ortho intramolecular Hbond substituents is 1. The van der Waals surface area contributed by atoms with Gasteiger partial charge in [-0.25, -0.2) is 9.59 Å². The van der Waals surface area contributed by atoms with E-state index in [0.717, 1.165) is 6.08 Å². The molecular weight excluding hydrogens is 296 g/mol. The molecule has 22 heavy (non-hydrogen) atoms. The van der Waals surface area contributed by atoms with Crippen molar-refractivity contribution in [1.29, 1.82) is 0 Å². The van der Waals surface area contributed by atoms with Gasteiger partial charge in [-0.05, 0) is 23.8 Å². The number of esters is 2. The van der Waals surface area contributed by atoms with Gasteiger partial charge in [-0.15, -0.1) is 0 Å². The molecule has 0 saturated heterocycles. The van der Waals surface area contributed by atoms with Gasteiger partial charge in [0.15, 0.2) is 17.6 Å². The predicted octanol–water partition coefficient (Wildman–Crippen LogP) is 0.319. The van der Waals surface area contributed by atoms with E-state index in [-0.39, 0.29) is 11.5 Å². The summed E-state index contributed by atoms with van der Waals surface area (Å²) >= 11 is 0. The van der Waals surface area contributed by atoms with Crippen molar-refractivity contribution in [1.82, 2.24) is 0 Å². The topological polar surface area (TPSA) is 130 Å². The number of carboxylic acid groups (broad SMARTS) is 1. The summed E-state index contributed by atoms with van der Waals surface area (Å²) in [7, 11) is 1.36. The zero-order valence-corrected chi connectivity index (χ0v) is 11.6. The largest absolute Gasteiger partial charge is 0.504 e. The number of ether oxygens (including phenoxy) is 2. The van der Waals surface area contributed by atoms with Gasteiger partial charge in [-0.1, -0.05) is 6.07 Å². The van der Waals surface area contributed by atoms with Gasteiger partial charge in [0.1, 0.15) is 0 Å². The second-order valence-corrected chi connectivity index (χ2v) is 4.12. The third-order valence-electron chi connectivity index (χ3n) is 2.46. The van der Waals surface area contributed by atoms with Gasteiger partial charge in [0.25, 0.3) is 0 Å². The zero-order chi connectivity index (χ0) is 16.7. The number of carbonyl (C=O) groups is 3. The minimum absolute atomic E-state index is 0.0748. The quantitative estimate of drug-likeness (QED) is 0.389. The molecule has 0 aliphatic carbocycles. The molecule has 1 rings (SSSR count). The SMILES string of the molecule is COc1cc(C=CC(=O)OC(=O)C(O)CC(=O)O)ccc1O. The normalized spacial score (nSPS) is 11.9. The summed E-state index contributed by atoms with van der Waals surface area (Å²) in [5.74, 6) is -3.69. The molecule has 0 amide bonds. The molecular formula is C14H14O8. The maximum absolute atomic E-state index is 11.4. The van der Waals surface area contributed by atoms with Gasteiger partial charge < -0.3 is 24.8 Å². The van der Waals surface area contributed by atoms with Crippen LogP contribution < -0.4 is 4.74 Å². The Labute approximate surface area is 125 Å². The number of hydrogen-bond acceptors (Lipinski definition) is 7. The molecule has 1 unspecified atom stereocenters. The highest BCUT2D eigenvalue weighted by molar-refractivity contribution is 5.96. The second-order valence-electron chi connectivity index (χ2n) is 4.12. The lowest BCUT2D eigenvalue weighted by Gasteiger charge is -2.05. The van der Waals surface area contributed by atoms with Crippen molar-refractivity contribution in [2.24, 2.45) is 0 Å². The van der Waals surface area contributed by atoms with Crippen LogP contribution in [0.3, 0.4) is 0 Å². The standard InChI is InChI=1S/C14H14O8/c1-21-11-6-8(2-4-9(11)15)3-5-13(19)22-14(20)10(16)7-12(17)18/h2-6,10,15-16H,7H2,1H3,(H,17,18). The molecule has 1 aromatic rings. The molecule has 1 atom stereocenters. The predicted molar refractivity (Wildman–Crippen MR) is 73.1 cm³/mol. The Hall–Kier alpha value is -2.87. The zero-order valence-electron chi connectivity index (χ0n) is 11.6. The smallest absolute Gasteiger partial charge is 0.343 e. The number of rotatable bonds is 6. The summed E-state index contributed by atoms with van der Waals surface area (Å²) in [6, 6.07) is 4.29. The van der Waals surface area contributed by atoms with Crippen LogP contribution in [0.5, 0.6) is 11.5 Å². The van der Waals surface area contributed by atoms with Gasteiger partial charge in [-0.3, -0.25) is 4.79 Å². The maximum Gasteiger partial charge on any atom is 0.343 e. The molecule has 0 aliphatic rings. The Morgan fingerprint density at radius 1 is 1.32 bits per heavy atom. The highest BCUT2D eigenvalue weighted by atomic mass is 16.6. The van der Waals surface area contributed by atoms with E-state index in [1.807, 2.05) is 0 Å². The van der Waals surface area contributed by atoms with Crippen LogP contribution in [0, 0.1) is 0 Å². The van der Waals surface area contributed by atoms with Crippen LogP contribution in [0.1, 0.15) is 12.0 Å². The molecule has 3 N–H and O–H groups in total. The molecule has 0 aliphatic heterocycles. The summed E-state index contributed by atoms with van der Waals surface area (Å²) in [5, 5.41) is 26.9. The van der Waals surface area contributed by atoms with E-state index in [9.17, 15) is 19.5 Å². The van der Waals surface area contributed by atoms with Crippen molar-refractivity contribution < 1.29 is 39.2 Å². The number of aliphatic carboxylic acids is 1. The number of aliphatic hydroxyl groups excluding tert-OH is 1. The average Bonchev–Trinajstić information content (AvgIpc) is 2.45. The fourth-order valence-corrected chi connectivity index (χ4v) is 1.41. The van der Waals surface area contributed by atoms with E-state index in [0.29, 0.717) is 5.56 Å². The molecule has 0 radical (unpaired) electrons. The summed E-state index contributed by atoms with van der Waals surface area (Å²) in [4.78, 5) is 32.9. The van der Waals surface area contributed by atoms with Crippen LogP contribution in [-0.2, 0) is 19.1 Å². The van der Waals surface area contributed by atoms with Crippen molar-refractivity contribution in [2.75, 3.05) is 7.11 Å². The van der Waals surface area contributed by atoms with Crippen LogP contribution in [0.2, 0.25) is 0 Å². The molecule has 8 heteroatoms. The van der Waals surface area contributed by atoms with Crippen LogP contribution in [0.25, 0.3) is 6.08 Å². The third kappa shape index (κ3) is 5.25. The van der Waals surface area contributed by atoms with E-state index in [2.05, 4.69) is 4.74 Å². The Morgan fingerprint density at radius 2 is 2.00 bits per heavy atom. The van der Waals surface area contributed by atoms with E-state index >= 15 is 0 Å². The van der Waals surface area contributed by atoms with Gasteiger partial charge in [0.05, 0.1) is 13.5 Å². The molecule has 118 valence electrons. The van der Waals surface area contributed by atoms with Crippen LogP contribution in [-0.4, -0.2) is 46.4 Å². The minimum atomic E-state index is -1.91. The molecule has 8 nitrogen and oxygen atoms in total. The molecule has 0 heterocycles. The summed E-state index contributed by atoms with van der Waals surface area (Å²) in [6.45, 7) is 0. The number of aliphatic hydroxyl groups is 1. The van der Waals surface area contributed by atoms with Crippen molar-refractivity contribution in [3.05, 3.63) is 29.8 Å². The van der Waals surface area contributed by atoms with Crippen molar-refractivity contribution in [3.8, 4) is 11.5 Å². The Bertz CT molecular complexity index is 605. The lowest BCUT2D eigenvalue weighted by molar-refractivity contribution is -0.165. The summed E-state index contributed by atoms with van der Waals surface area (Å²) < 4.78 is 9.14. The second kappa shape index (κ2) is 7.79. The van der Waals surface area contributed by atoms with Crippen molar-refractivity contribution in [3.63, 3.8) is 0 Å². The number of aromatic hydroxyl groups is 1. The first-order chi connectivity index (χ1) is 10.3. The number of carbonyl (C=O) groups excluding carboxylic acids is 2. The first-order valence-corrected chi connectivity index (χ1v) is 6.04. The number of carboxylic acids is 1. The number of hydrogen-bond donors (Lipinski definition) is 3. The average molecular weight is 310 g/mol. The summed E-state index contributed by atoms with van der Waals surface area (Å²) in [6.07, 6.45) is -0.563. The Morgan fingerprint density at radius 3 is 2.59 bits per heavy atom. The fourth-order valence-electron chi connectivity index (χ4n) is 1.41. The number of methoxy groups -OCH3 is 1. The van der Waals surface area contributed by atoms with Gasteiger partial charge >= 0.3 is 17.9 Å². The monoisotopic (exact) mass is 310 g/mol. The van der Waals surface area contributed by atoms with Crippen LogP contribution in [0.4, 0.5) is 0 Å². The Kier molecular flexibility index (Phi) is 6.09. The molecule has 0 saturated carbocycles. The highest BCUT2D eigenvalue weighted by Crippen LogP contribution is 2.26. The van der Waals surface area contributed by atoms with Gasteiger partial charge in [0.2, 0.25) is 0 Å². The highest BCUT2D eigenvalue weighted by Gasteiger charge is 2.21. The molecule has 0 spiro atoms. The number of benzene rings is 1. The first kappa shape index (κ1) is 17.2. The van der Waals surface area contributed by atoms with E-state index < -0.39 is 30.4 Å². The maximum atomic E-state index is 11.4. The van der Waals surface area contributed by atoms with E-state index in [1.165, 1.54) is 31.4 Å². The lowest BCUT2D eigenvalue weighted by atomic mass is 10.2. The number of phenols is 1. The van der Waals surface area contributed by atoms with Crippen molar-refractivity contribution in [2.45, 2.75) is 12.5 Å². The molecule has 0 bridgehead atoms. The third-order valence-corrected chi connectivity index (χ3v) is 2.46. The molecule has 1 aromatic carbocycles. The van der Waals surface area contributed by atoms with Gasteiger partial charge in [-0.2, -0.15) is 0 Å². The van der Waals surface area contributed by atoms with Crippen molar-refractivity contribution >= 4 is 24.0 Å². The fraction of sp³-hybridized carbons (Fsp3) is 0.214. The van der Waals surface area contributed by atoms with Crippen LogP contribution in [0.15, 0.2) is 24.3 Å². The molecule has 0 aromatic heterocycles. The van der Waals surface area contributed by atoms with Crippen LogP contribution >= 0.6 is 0 Å². The lowest BCUT2D eigenvalue weighted by Crippen LogP contribution is -2.27. The molecule has 0 fully saturated rings. The van der Waals surface area contributed by atoms with Gasteiger partial charge in [0, 0.05) is 6.08 Å². The van der Waals surface area contributed by atoms with E-state index in [1.54, 1.807) is 0 Å². The minimum Gasteiger partial charge on any atom is -0.504 e. The van der Waals surface area contributed by atoms with E-state index in [4.69, 9.17) is 14.9 Å². The first-order valence-electron chi connectivity index (χ1n) is 6.04. The summed E-state index contributed by atoms with van der Waals surface area (Å²) in [5.41, 5.74) is 0.491.